The van der Waals surface area contributed by atoms with E-state index in [-0.39, 0.29) is 6.04 Å². The Balaban J connectivity index is 1.92. The highest BCUT2D eigenvalue weighted by Crippen LogP contribution is 2.20. The van der Waals surface area contributed by atoms with E-state index in [2.05, 4.69) is 10.2 Å². The van der Waals surface area contributed by atoms with Crippen molar-refractivity contribution in [2.75, 3.05) is 26.3 Å². The van der Waals surface area contributed by atoms with Crippen molar-refractivity contribution in [3.8, 4) is 0 Å². The monoisotopic (exact) mass is 240 g/mol. The number of carbonyl (C=O) groups excluding carboxylic acids is 1. The van der Waals surface area contributed by atoms with Crippen LogP contribution in [0.25, 0.3) is 0 Å². The highest BCUT2D eigenvalue weighted by molar-refractivity contribution is 5.82. The lowest BCUT2D eigenvalue weighted by molar-refractivity contribution is -0.138. The number of nitrogens with zero attached hydrogens (tertiary/aromatic N) is 1. The van der Waals surface area contributed by atoms with Crippen LogP contribution in [-0.4, -0.2) is 49.2 Å². The minimum absolute atomic E-state index is 0.0669. The Morgan fingerprint density at radius 2 is 2.24 bits per heavy atom. The number of hydrogen-bond donors (Lipinski definition) is 1. The molecule has 0 aromatic rings. The van der Waals surface area contributed by atoms with Crippen LogP contribution in [0, 0.1) is 0 Å². The molecule has 2 fully saturated rings. The molecule has 98 valence electrons. The van der Waals surface area contributed by atoms with Crippen molar-refractivity contribution in [3.05, 3.63) is 0 Å². The first kappa shape index (κ1) is 12.8. The third-order valence-corrected chi connectivity index (χ3v) is 3.78. The van der Waals surface area contributed by atoms with Crippen molar-refractivity contribution in [2.45, 2.75) is 51.1 Å². The molecule has 1 N–H and O–H groups in total. The van der Waals surface area contributed by atoms with Crippen LogP contribution in [0.15, 0.2) is 0 Å². The minimum Gasteiger partial charge on any atom is -0.380 e. The van der Waals surface area contributed by atoms with Gasteiger partial charge in [-0.05, 0) is 45.6 Å². The van der Waals surface area contributed by atoms with Gasteiger partial charge in [0.1, 0.15) is 0 Å². The second-order valence-corrected chi connectivity index (χ2v) is 4.99. The van der Waals surface area contributed by atoms with Gasteiger partial charge >= 0.3 is 0 Å². The molecule has 2 saturated heterocycles. The van der Waals surface area contributed by atoms with E-state index < -0.39 is 0 Å². The molecule has 0 bridgehead atoms. The van der Waals surface area contributed by atoms with E-state index in [0.717, 1.165) is 45.4 Å². The number of ether oxygens (including phenoxy) is 1. The predicted molar refractivity (Wildman–Crippen MR) is 66.9 cm³/mol. The Kier molecular flexibility index (Phi) is 4.80. The van der Waals surface area contributed by atoms with Crippen LogP contribution >= 0.6 is 0 Å². The van der Waals surface area contributed by atoms with Gasteiger partial charge in [0.25, 0.3) is 0 Å². The van der Waals surface area contributed by atoms with Crippen LogP contribution in [0.3, 0.4) is 0 Å². The van der Waals surface area contributed by atoms with Crippen LogP contribution < -0.4 is 5.32 Å². The Labute approximate surface area is 104 Å². The first-order valence-electron chi connectivity index (χ1n) is 6.94. The minimum atomic E-state index is 0.0669. The number of nitrogens with one attached hydrogen (secondary N) is 1. The van der Waals surface area contributed by atoms with Gasteiger partial charge in [-0.15, -0.1) is 0 Å². The fourth-order valence-electron chi connectivity index (χ4n) is 2.81. The van der Waals surface area contributed by atoms with Crippen molar-refractivity contribution in [3.63, 3.8) is 0 Å². The zero-order chi connectivity index (χ0) is 12.1. The third-order valence-electron chi connectivity index (χ3n) is 3.78. The lowest BCUT2D eigenvalue weighted by Gasteiger charge is -2.37. The molecule has 2 aliphatic heterocycles. The topological polar surface area (TPSA) is 41.6 Å². The average Bonchev–Trinajstić information content (AvgIpc) is 2.89. The van der Waals surface area contributed by atoms with E-state index >= 15 is 0 Å². The maximum atomic E-state index is 12.4. The molecule has 2 aliphatic rings. The van der Waals surface area contributed by atoms with E-state index in [1.54, 1.807) is 0 Å². The van der Waals surface area contributed by atoms with Gasteiger partial charge < -0.3 is 15.0 Å². The summed E-state index contributed by atoms with van der Waals surface area (Å²) in [6.07, 6.45) is 5.58. The quantitative estimate of drug-likeness (QED) is 0.801. The van der Waals surface area contributed by atoms with E-state index in [0.29, 0.717) is 18.6 Å². The van der Waals surface area contributed by atoms with E-state index in [9.17, 15) is 4.79 Å². The molecule has 2 atom stereocenters. The van der Waals surface area contributed by atoms with Crippen molar-refractivity contribution >= 4 is 5.91 Å². The van der Waals surface area contributed by atoms with E-state index in [1.165, 1.54) is 6.42 Å². The van der Waals surface area contributed by atoms with Gasteiger partial charge in [0.05, 0.1) is 18.7 Å². The summed E-state index contributed by atoms with van der Waals surface area (Å²) in [5, 5.41) is 3.30. The van der Waals surface area contributed by atoms with Crippen LogP contribution in [0.1, 0.15) is 39.0 Å². The molecule has 2 unspecified atom stereocenters. The summed E-state index contributed by atoms with van der Waals surface area (Å²) in [7, 11) is 0. The Bertz CT molecular complexity index is 252. The van der Waals surface area contributed by atoms with Crippen molar-refractivity contribution in [1.82, 2.24) is 10.2 Å². The van der Waals surface area contributed by atoms with Crippen LogP contribution in [0.4, 0.5) is 0 Å². The molecule has 2 heterocycles. The Morgan fingerprint density at radius 3 is 2.94 bits per heavy atom. The second-order valence-electron chi connectivity index (χ2n) is 4.99. The number of hydrogen-bond acceptors (Lipinski definition) is 3. The molecule has 0 aromatic heterocycles. The summed E-state index contributed by atoms with van der Waals surface area (Å²) in [5.41, 5.74) is 0. The first-order chi connectivity index (χ1) is 8.33. The summed E-state index contributed by atoms with van der Waals surface area (Å²) < 4.78 is 5.50. The summed E-state index contributed by atoms with van der Waals surface area (Å²) in [6, 6.07) is 0.371. The molecule has 0 radical (unpaired) electrons. The van der Waals surface area contributed by atoms with Gasteiger partial charge in [-0.25, -0.2) is 0 Å². The molecule has 0 aliphatic carbocycles. The Hall–Kier alpha value is -0.610. The largest absolute Gasteiger partial charge is 0.380 e. The number of likely N-dealkylation sites (tertiary alicyclic amines) is 1. The maximum Gasteiger partial charge on any atom is 0.240 e. The smallest absolute Gasteiger partial charge is 0.240 e. The van der Waals surface area contributed by atoms with Crippen molar-refractivity contribution in [1.29, 1.82) is 0 Å². The van der Waals surface area contributed by atoms with Gasteiger partial charge in [0.15, 0.2) is 0 Å². The second kappa shape index (κ2) is 6.36. The lowest BCUT2D eigenvalue weighted by atomic mass is 10.0. The van der Waals surface area contributed by atoms with E-state index in [1.807, 2.05) is 6.92 Å². The molecule has 4 nitrogen and oxygen atoms in total. The fraction of sp³-hybridized carbons (Fsp3) is 0.923. The summed E-state index contributed by atoms with van der Waals surface area (Å²) in [5.74, 6) is 0.298. The molecule has 0 aromatic carbocycles. The SMILES string of the molecule is CCOCC1CCCCN1C(=O)C1CCCN1. The van der Waals surface area contributed by atoms with Gasteiger partial charge in [-0.3, -0.25) is 4.79 Å². The molecular weight excluding hydrogens is 216 g/mol. The maximum absolute atomic E-state index is 12.4. The highest BCUT2D eigenvalue weighted by Gasteiger charge is 2.32. The molecular formula is C13H24N2O2. The van der Waals surface area contributed by atoms with Crippen molar-refractivity contribution in [2.24, 2.45) is 0 Å². The summed E-state index contributed by atoms with van der Waals surface area (Å²) in [6.45, 7) is 5.35. The van der Waals surface area contributed by atoms with Crippen molar-refractivity contribution < 1.29 is 9.53 Å². The summed E-state index contributed by atoms with van der Waals surface area (Å²) >= 11 is 0. The molecule has 4 heteroatoms. The van der Waals surface area contributed by atoms with E-state index in [4.69, 9.17) is 4.74 Å². The molecule has 1 amide bonds. The number of amides is 1. The normalized spacial score (nSPS) is 29.6. The lowest BCUT2D eigenvalue weighted by Crippen LogP contribution is -2.52. The molecule has 2 rings (SSSR count). The average molecular weight is 240 g/mol. The predicted octanol–water partition coefficient (Wildman–Crippen LogP) is 1.16. The molecule has 0 spiro atoms. The fourth-order valence-corrected chi connectivity index (χ4v) is 2.81. The third kappa shape index (κ3) is 3.19. The molecule has 17 heavy (non-hydrogen) atoms. The summed E-state index contributed by atoms with van der Waals surface area (Å²) in [4.78, 5) is 14.4. The van der Waals surface area contributed by atoms with Gasteiger partial charge in [0, 0.05) is 13.2 Å². The van der Waals surface area contributed by atoms with Crippen LogP contribution in [-0.2, 0) is 9.53 Å². The number of rotatable bonds is 4. The van der Waals surface area contributed by atoms with Gasteiger partial charge in [-0.1, -0.05) is 0 Å². The molecule has 0 saturated carbocycles. The zero-order valence-electron chi connectivity index (χ0n) is 10.8. The van der Waals surface area contributed by atoms with Crippen LogP contribution in [0.2, 0.25) is 0 Å². The highest BCUT2D eigenvalue weighted by atomic mass is 16.5. The first-order valence-corrected chi connectivity index (χ1v) is 6.94. The number of carbonyl (C=O) groups is 1. The number of piperidine rings is 1. The Morgan fingerprint density at radius 1 is 1.35 bits per heavy atom. The van der Waals surface area contributed by atoms with Crippen LogP contribution in [0.5, 0.6) is 0 Å². The van der Waals surface area contributed by atoms with Gasteiger partial charge in [-0.2, -0.15) is 0 Å². The zero-order valence-corrected chi connectivity index (χ0v) is 10.8. The van der Waals surface area contributed by atoms with Gasteiger partial charge in [0.2, 0.25) is 5.91 Å². The standard InChI is InChI=1S/C13H24N2O2/c1-2-17-10-11-6-3-4-9-15(11)13(16)12-7-5-8-14-12/h11-12,14H,2-10H2,1H3.